The van der Waals surface area contributed by atoms with Crippen molar-refractivity contribution < 1.29 is 18.3 Å². The van der Waals surface area contributed by atoms with Crippen LogP contribution in [0.15, 0.2) is 67.0 Å². The molecule has 0 aliphatic rings. The van der Waals surface area contributed by atoms with E-state index in [1.807, 2.05) is 30.3 Å². The van der Waals surface area contributed by atoms with Crippen molar-refractivity contribution in [1.29, 1.82) is 0 Å². The first-order valence-electron chi connectivity index (χ1n) is 8.79. The summed E-state index contributed by atoms with van der Waals surface area (Å²) in [6, 6.07) is 16.3. The molecule has 8 heteroatoms. The number of hydrogen-bond donors (Lipinski definition) is 2. The van der Waals surface area contributed by atoms with Gasteiger partial charge in [-0.1, -0.05) is 30.3 Å². The minimum Gasteiger partial charge on any atom is -0.394 e. The molecule has 0 amide bonds. The number of hydrogen-bond acceptors (Lipinski definition) is 5. The Hall–Kier alpha value is -2.97. The summed E-state index contributed by atoms with van der Waals surface area (Å²) in [5.41, 5.74) is 0.840. The Balaban J connectivity index is 1.63. The Morgan fingerprint density at radius 2 is 1.79 bits per heavy atom. The standard InChI is InChI=1S/C21H16F3N3OS/c22-21(23,24)15-6-7-18-14(8-15)9-19(29-18)16-10-20(26-12-25-16)27-17(11-28)13-4-2-1-3-5-13/h1-10,12,17,28H,11H2,(H,25,26,27). The van der Waals surface area contributed by atoms with Crippen LogP contribution in [0, 0.1) is 0 Å². The molecule has 0 aliphatic carbocycles. The van der Waals surface area contributed by atoms with Gasteiger partial charge >= 0.3 is 6.18 Å². The third-order valence-electron chi connectivity index (χ3n) is 4.47. The van der Waals surface area contributed by atoms with Crippen LogP contribution in [0.5, 0.6) is 0 Å². The van der Waals surface area contributed by atoms with E-state index < -0.39 is 11.7 Å². The fourth-order valence-corrected chi connectivity index (χ4v) is 4.03. The molecule has 148 valence electrons. The number of halogens is 3. The van der Waals surface area contributed by atoms with Gasteiger partial charge in [0.25, 0.3) is 0 Å². The van der Waals surface area contributed by atoms with Crippen molar-refractivity contribution in [2.45, 2.75) is 12.2 Å². The van der Waals surface area contributed by atoms with Crippen LogP contribution in [0.4, 0.5) is 19.0 Å². The highest BCUT2D eigenvalue weighted by Gasteiger charge is 2.30. The zero-order chi connectivity index (χ0) is 20.4. The molecule has 2 N–H and O–H groups in total. The number of benzene rings is 2. The number of anilines is 1. The lowest BCUT2D eigenvalue weighted by Crippen LogP contribution is -2.15. The van der Waals surface area contributed by atoms with E-state index in [9.17, 15) is 18.3 Å². The van der Waals surface area contributed by atoms with E-state index in [4.69, 9.17) is 0 Å². The molecular formula is C21H16F3N3OS. The van der Waals surface area contributed by atoms with Crippen LogP contribution in [0.25, 0.3) is 20.7 Å². The molecule has 4 aromatic rings. The van der Waals surface area contributed by atoms with E-state index in [-0.39, 0.29) is 12.6 Å². The number of alkyl halides is 3. The lowest BCUT2D eigenvalue weighted by molar-refractivity contribution is -0.137. The number of aromatic nitrogens is 2. The first kappa shape index (κ1) is 19.4. The van der Waals surface area contributed by atoms with E-state index in [0.717, 1.165) is 27.3 Å². The predicted molar refractivity (Wildman–Crippen MR) is 108 cm³/mol. The molecule has 4 rings (SSSR count). The summed E-state index contributed by atoms with van der Waals surface area (Å²) in [7, 11) is 0. The predicted octanol–water partition coefficient (Wildman–Crippen LogP) is 5.52. The van der Waals surface area contributed by atoms with Gasteiger partial charge in [0.1, 0.15) is 12.1 Å². The average molecular weight is 415 g/mol. The second-order valence-electron chi connectivity index (χ2n) is 6.44. The molecule has 0 fully saturated rings. The molecule has 0 spiro atoms. The SMILES string of the molecule is OCC(Nc1cc(-c2cc3cc(C(F)(F)F)ccc3s2)ncn1)c1ccccc1. The summed E-state index contributed by atoms with van der Waals surface area (Å²) in [6.45, 7) is -0.119. The average Bonchev–Trinajstić information content (AvgIpc) is 3.16. The van der Waals surface area contributed by atoms with Gasteiger partial charge in [0.2, 0.25) is 0 Å². The van der Waals surface area contributed by atoms with E-state index in [2.05, 4.69) is 15.3 Å². The highest BCUT2D eigenvalue weighted by Crippen LogP contribution is 2.37. The zero-order valence-electron chi connectivity index (χ0n) is 15.0. The van der Waals surface area contributed by atoms with Gasteiger partial charge in [-0.25, -0.2) is 9.97 Å². The molecule has 0 radical (unpaired) electrons. The third kappa shape index (κ3) is 4.23. The summed E-state index contributed by atoms with van der Waals surface area (Å²) in [5.74, 6) is 0.520. The fourth-order valence-electron chi connectivity index (χ4n) is 3.02. The second kappa shape index (κ2) is 7.81. The van der Waals surface area contributed by atoms with Crippen LogP contribution in [-0.2, 0) is 6.18 Å². The molecule has 4 nitrogen and oxygen atoms in total. The Morgan fingerprint density at radius 3 is 2.52 bits per heavy atom. The molecular weight excluding hydrogens is 399 g/mol. The first-order valence-corrected chi connectivity index (χ1v) is 9.61. The maximum atomic E-state index is 12.9. The van der Waals surface area contributed by atoms with E-state index >= 15 is 0 Å². The molecule has 0 aliphatic heterocycles. The van der Waals surface area contributed by atoms with Crippen LogP contribution < -0.4 is 5.32 Å². The maximum Gasteiger partial charge on any atom is 0.416 e. The number of aliphatic hydroxyl groups excluding tert-OH is 1. The topological polar surface area (TPSA) is 58.0 Å². The highest BCUT2D eigenvalue weighted by atomic mass is 32.1. The zero-order valence-corrected chi connectivity index (χ0v) is 15.8. The maximum absolute atomic E-state index is 12.9. The normalized spacial score (nSPS) is 12.8. The van der Waals surface area contributed by atoms with Crippen molar-refractivity contribution in [3.05, 3.63) is 78.1 Å². The van der Waals surface area contributed by atoms with Crippen LogP contribution in [0.1, 0.15) is 17.2 Å². The van der Waals surface area contributed by atoms with E-state index in [0.29, 0.717) is 16.9 Å². The molecule has 1 unspecified atom stereocenters. The molecule has 1 atom stereocenters. The minimum absolute atomic E-state index is 0.119. The van der Waals surface area contributed by atoms with Crippen LogP contribution >= 0.6 is 11.3 Å². The number of thiophene rings is 1. The Labute approximate surface area is 168 Å². The van der Waals surface area contributed by atoms with Gasteiger partial charge in [0.15, 0.2) is 0 Å². The van der Waals surface area contributed by atoms with Crippen LogP contribution in [0.2, 0.25) is 0 Å². The number of rotatable bonds is 5. The van der Waals surface area contributed by atoms with Crippen molar-refractivity contribution >= 4 is 27.2 Å². The Morgan fingerprint density at radius 1 is 1.00 bits per heavy atom. The number of nitrogens with one attached hydrogen (secondary N) is 1. The van der Waals surface area contributed by atoms with Crippen molar-refractivity contribution in [3.63, 3.8) is 0 Å². The highest BCUT2D eigenvalue weighted by molar-refractivity contribution is 7.22. The minimum atomic E-state index is -4.38. The van der Waals surface area contributed by atoms with Gasteiger partial charge in [-0.3, -0.25) is 0 Å². The van der Waals surface area contributed by atoms with E-state index in [1.54, 1.807) is 12.1 Å². The van der Waals surface area contributed by atoms with Gasteiger partial charge < -0.3 is 10.4 Å². The molecule has 2 heterocycles. The summed E-state index contributed by atoms with van der Waals surface area (Å²) in [6.07, 6.45) is -2.98. The molecule has 0 bridgehead atoms. The molecule has 29 heavy (non-hydrogen) atoms. The van der Waals surface area contributed by atoms with Gasteiger partial charge in [-0.05, 0) is 35.2 Å². The molecule has 2 aromatic carbocycles. The first-order chi connectivity index (χ1) is 13.9. The summed E-state index contributed by atoms with van der Waals surface area (Å²) in [4.78, 5) is 9.20. The van der Waals surface area contributed by atoms with Gasteiger partial charge in [-0.15, -0.1) is 11.3 Å². The summed E-state index contributed by atoms with van der Waals surface area (Å²) in [5, 5.41) is 13.4. The monoisotopic (exact) mass is 415 g/mol. The van der Waals surface area contributed by atoms with Gasteiger partial charge in [-0.2, -0.15) is 13.2 Å². The fraction of sp³-hybridized carbons (Fsp3) is 0.143. The van der Waals surface area contributed by atoms with Crippen molar-refractivity contribution in [2.24, 2.45) is 0 Å². The van der Waals surface area contributed by atoms with E-state index in [1.165, 1.54) is 23.7 Å². The van der Waals surface area contributed by atoms with Crippen molar-refractivity contribution in [2.75, 3.05) is 11.9 Å². The molecule has 0 saturated heterocycles. The molecule has 0 saturated carbocycles. The summed E-state index contributed by atoms with van der Waals surface area (Å²) < 4.78 is 39.6. The van der Waals surface area contributed by atoms with Crippen LogP contribution in [0.3, 0.4) is 0 Å². The smallest absolute Gasteiger partial charge is 0.394 e. The number of aliphatic hydroxyl groups is 1. The van der Waals surface area contributed by atoms with Gasteiger partial charge in [0.05, 0.1) is 28.8 Å². The summed E-state index contributed by atoms with van der Waals surface area (Å²) >= 11 is 1.36. The Bertz CT molecular complexity index is 1130. The second-order valence-corrected chi connectivity index (χ2v) is 7.52. The number of nitrogens with zero attached hydrogens (tertiary/aromatic N) is 2. The van der Waals surface area contributed by atoms with Gasteiger partial charge in [0, 0.05) is 10.8 Å². The quantitative estimate of drug-likeness (QED) is 0.450. The molecule has 2 aromatic heterocycles. The number of fused-ring (bicyclic) bond motifs is 1. The lowest BCUT2D eigenvalue weighted by atomic mass is 10.1. The lowest BCUT2D eigenvalue weighted by Gasteiger charge is -2.17. The van der Waals surface area contributed by atoms with Crippen molar-refractivity contribution in [1.82, 2.24) is 9.97 Å². The van der Waals surface area contributed by atoms with Crippen molar-refractivity contribution in [3.8, 4) is 10.6 Å². The van der Waals surface area contributed by atoms with Crippen LogP contribution in [-0.4, -0.2) is 21.7 Å². The third-order valence-corrected chi connectivity index (χ3v) is 5.61. The largest absolute Gasteiger partial charge is 0.416 e. The Kier molecular flexibility index (Phi) is 5.21.